The van der Waals surface area contributed by atoms with Gasteiger partial charge in [-0.1, -0.05) is 78.8 Å². The topological polar surface area (TPSA) is 67.0 Å². The molecule has 2 N–H and O–H groups in total. The van der Waals surface area contributed by atoms with Gasteiger partial charge in [-0.15, -0.1) is 0 Å². The summed E-state index contributed by atoms with van der Waals surface area (Å²) in [5.41, 5.74) is 5.07. The van der Waals surface area contributed by atoms with E-state index in [0.717, 1.165) is 53.5 Å². The highest BCUT2D eigenvalue weighted by Gasteiger charge is 2.48. The Bertz CT molecular complexity index is 1260. The summed E-state index contributed by atoms with van der Waals surface area (Å²) >= 11 is 1.73. The number of H-pyrrole nitrogens is 1. The van der Waals surface area contributed by atoms with Gasteiger partial charge in [-0.3, -0.25) is 4.79 Å². The number of benzene rings is 3. The first-order chi connectivity index (χ1) is 17.7. The Hall–Kier alpha value is -3.51. The van der Waals surface area contributed by atoms with Crippen LogP contribution in [0.15, 0.2) is 90.3 Å². The minimum atomic E-state index is -0.678. The zero-order valence-electron chi connectivity index (χ0n) is 20.5. The summed E-state index contributed by atoms with van der Waals surface area (Å²) in [5.74, 6) is 1.89. The van der Waals surface area contributed by atoms with Gasteiger partial charge in [0.15, 0.2) is 5.16 Å². The standard InChI is InChI=1S/C30H31N3O2S/c1-35-23-14-12-22(13-15-23)16-18-31-28(34)30(17-6-7-21-36-29-32-19-20-33-29)26-10-4-2-8-24(26)25-9-3-5-11-27(25)30/h2-5,8-15,19-20H,6-7,16-18,21H2,1H3,(H,31,34)(H,32,33). The van der Waals surface area contributed by atoms with E-state index in [1.54, 1.807) is 25.1 Å². The summed E-state index contributed by atoms with van der Waals surface area (Å²) in [4.78, 5) is 21.5. The van der Waals surface area contributed by atoms with Crippen molar-refractivity contribution < 1.29 is 9.53 Å². The van der Waals surface area contributed by atoms with E-state index < -0.39 is 5.41 Å². The number of fused-ring (bicyclic) bond motifs is 3. The number of aromatic amines is 1. The summed E-state index contributed by atoms with van der Waals surface area (Å²) in [5, 5.41) is 4.24. The van der Waals surface area contributed by atoms with Gasteiger partial charge in [0.25, 0.3) is 0 Å². The third-order valence-electron chi connectivity index (χ3n) is 6.97. The number of nitrogens with one attached hydrogen (secondary N) is 2. The minimum absolute atomic E-state index is 0.0899. The minimum Gasteiger partial charge on any atom is -0.497 e. The molecule has 5 nitrogen and oxygen atoms in total. The van der Waals surface area contributed by atoms with Crippen molar-refractivity contribution in [3.05, 3.63) is 102 Å². The van der Waals surface area contributed by atoms with Crippen molar-refractivity contribution in [2.24, 2.45) is 0 Å². The van der Waals surface area contributed by atoms with E-state index in [9.17, 15) is 4.79 Å². The second kappa shape index (κ2) is 11.0. The van der Waals surface area contributed by atoms with E-state index in [2.05, 4.69) is 75.9 Å². The second-order valence-corrected chi connectivity index (χ2v) is 10.1. The molecule has 5 rings (SSSR count). The molecule has 0 radical (unpaired) electrons. The Morgan fingerprint density at radius 1 is 0.972 bits per heavy atom. The number of ether oxygens (including phenoxy) is 1. The van der Waals surface area contributed by atoms with Crippen LogP contribution in [0.5, 0.6) is 5.75 Å². The zero-order chi connectivity index (χ0) is 24.8. The predicted molar refractivity (Wildman–Crippen MR) is 146 cm³/mol. The third-order valence-corrected chi connectivity index (χ3v) is 7.96. The summed E-state index contributed by atoms with van der Waals surface area (Å²) < 4.78 is 5.26. The molecule has 0 saturated heterocycles. The van der Waals surface area contributed by atoms with E-state index in [1.807, 2.05) is 18.3 Å². The molecule has 0 fully saturated rings. The molecule has 0 saturated carbocycles. The smallest absolute Gasteiger partial charge is 0.235 e. The highest BCUT2D eigenvalue weighted by Crippen LogP contribution is 2.51. The van der Waals surface area contributed by atoms with Crippen LogP contribution in [0, 0.1) is 0 Å². The quantitative estimate of drug-likeness (QED) is 0.197. The SMILES string of the molecule is COc1ccc(CCNC(=O)C2(CCCCSc3ncc[nH]3)c3ccccc3-c3ccccc32)cc1. The van der Waals surface area contributed by atoms with Crippen LogP contribution in [0.3, 0.4) is 0 Å². The molecule has 0 bridgehead atoms. The second-order valence-electron chi connectivity index (χ2n) is 9.05. The highest BCUT2D eigenvalue weighted by atomic mass is 32.2. The van der Waals surface area contributed by atoms with Crippen molar-refractivity contribution in [1.29, 1.82) is 0 Å². The van der Waals surface area contributed by atoms with Crippen LogP contribution < -0.4 is 10.1 Å². The van der Waals surface area contributed by atoms with Gasteiger partial charge in [0.05, 0.1) is 7.11 Å². The van der Waals surface area contributed by atoms with Crippen LogP contribution >= 0.6 is 11.8 Å². The number of amides is 1. The lowest BCUT2D eigenvalue weighted by Gasteiger charge is -2.31. The number of rotatable bonds is 11. The van der Waals surface area contributed by atoms with Crippen LogP contribution in [0.1, 0.15) is 36.0 Å². The number of methoxy groups -OCH3 is 1. The molecule has 0 atom stereocenters. The lowest BCUT2D eigenvalue weighted by atomic mass is 9.73. The van der Waals surface area contributed by atoms with Gasteiger partial charge >= 0.3 is 0 Å². The number of unbranched alkanes of at least 4 members (excludes halogenated alkanes) is 1. The van der Waals surface area contributed by atoms with E-state index in [-0.39, 0.29) is 5.91 Å². The Morgan fingerprint density at radius 3 is 2.31 bits per heavy atom. The van der Waals surface area contributed by atoms with Gasteiger partial charge in [0.1, 0.15) is 11.2 Å². The molecule has 4 aromatic rings. The van der Waals surface area contributed by atoms with Gasteiger partial charge in [-0.2, -0.15) is 0 Å². The van der Waals surface area contributed by atoms with Gasteiger partial charge in [0, 0.05) is 24.7 Å². The molecule has 1 aliphatic carbocycles. The van der Waals surface area contributed by atoms with Crippen LogP contribution in [-0.2, 0) is 16.6 Å². The number of carbonyl (C=O) groups is 1. The fourth-order valence-electron chi connectivity index (χ4n) is 5.21. The molecule has 0 aliphatic heterocycles. The molecule has 0 spiro atoms. The van der Waals surface area contributed by atoms with E-state index >= 15 is 0 Å². The number of hydrogen-bond acceptors (Lipinski definition) is 4. The molecule has 3 aromatic carbocycles. The first kappa shape index (κ1) is 24.2. The fourth-order valence-corrected chi connectivity index (χ4v) is 6.04. The summed E-state index contributed by atoms with van der Waals surface area (Å²) in [6.45, 7) is 0.589. The molecule has 6 heteroatoms. The van der Waals surface area contributed by atoms with Crippen LogP contribution in [0.4, 0.5) is 0 Å². The zero-order valence-corrected chi connectivity index (χ0v) is 21.3. The van der Waals surface area contributed by atoms with Crippen molar-refractivity contribution in [2.45, 2.75) is 36.3 Å². The Labute approximate surface area is 216 Å². The first-order valence-electron chi connectivity index (χ1n) is 12.4. The largest absolute Gasteiger partial charge is 0.497 e. The number of imidazole rings is 1. The number of aromatic nitrogens is 2. The van der Waals surface area contributed by atoms with E-state index in [4.69, 9.17) is 4.74 Å². The maximum atomic E-state index is 14.1. The maximum absolute atomic E-state index is 14.1. The van der Waals surface area contributed by atoms with Crippen molar-refractivity contribution in [2.75, 3.05) is 19.4 Å². The molecule has 36 heavy (non-hydrogen) atoms. The van der Waals surface area contributed by atoms with Crippen LogP contribution in [0.2, 0.25) is 0 Å². The van der Waals surface area contributed by atoms with Gasteiger partial charge in [-0.25, -0.2) is 4.98 Å². The molecular weight excluding hydrogens is 466 g/mol. The average molecular weight is 498 g/mol. The molecular formula is C30H31N3O2S. The van der Waals surface area contributed by atoms with Gasteiger partial charge < -0.3 is 15.0 Å². The van der Waals surface area contributed by atoms with Crippen molar-refractivity contribution in [3.63, 3.8) is 0 Å². The number of carbonyl (C=O) groups excluding carboxylic acids is 1. The van der Waals surface area contributed by atoms with E-state index in [0.29, 0.717) is 6.54 Å². The third kappa shape index (κ3) is 4.78. The summed E-state index contributed by atoms with van der Waals surface area (Å²) in [6, 6.07) is 24.8. The molecule has 1 aromatic heterocycles. The van der Waals surface area contributed by atoms with Crippen molar-refractivity contribution in [3.8, 4) is 16.9 Å². The Balaban J connectivity index is 1.35. The van der Waals surface area contributed by atoms with E-state index in [1.165, 1.54) is 16.7 Å². The molecule has 1 heterocycles. The van der Waals surface area contributed by atoms with Crippen LogP contribution in [-0.4, -0.2) is 35.3 Å². The Morgan fingerprint density at radius 2 is 1.67 bits per heavy atom. The first-order valence-corrected chi connectivity index (χ1v) is 13.4. The summed E-state index contributed by atoms with van der Waals surface area (Å²) in [6.07, 6.45) is 7.13. The lowest BCUT2D eigenvalue weighted by molar-refractivity contribution is -0.125. The summed E-state index contributed by atoms with van der Waals surface area (Å²) in [7, 11) is 1.67. The number of hydrogen-bond donors (Lipinski definition) is 2. The monoisotopic (exact) mass is 497 g/mol. The fraction of sp³-hybridized carbons (Fsp3) is 0.267. The van der Waals surface area contributed by atoms with Crippen LogP contribution in [0.25, 0.3) is 11.1 Å². The predicted octanol–water partition coefficient (Wildman–Crippen LogP) is 6.01. The Kier molecular flexibility index (Phi) is 7.42. The van der Waals surface area contributed by atoms with Crippen molar-refractivity contribution in [1.82, 2.24) is 15.3 Å². The molecule has 184 valence electrons. The molecule has 1 aliphatic rings. The molecule has 0 unspecified atom stereocenters. The maximum Gasteiger partial charge on any atom is 0.235 e. The number of nitrogens with zero attached hydrogens (tertiary/aromatic N) is 1. The van der Waals surface area contributed by atoms with Crippen molar-refractivity contribution >= 4 is 17.7 Å². The normalized spacial score (nSPS) is 13.1. The van der Waals surface area contributed by atoms with Gasteiger partial charge in [-0.05, 0) is 59.2 Å². The lowest BCUT2D eigenvalue weighted by Crippen LogP contribution is -2.45. The van der Waals surface area contributed by atoms with Gasteiger partial charge in [0.2, 0.25) is 5.91 Å². The molecule has 1 amide bonds. The highest BCUT2D eigenvalue weighted by molar-refractivity contribution is 7.99. The average Bonchev–Trinajstić information content (AvgIpc) is 3.54. The number of thioether (sulfide) groups is 1.